The fraction of sp³-hybridized carbons (Fsp3) is 0.115. The molecule has 8 heteroatoms. The van der Waals surface area contributed by atoms with Crippen molar-refractivity contribution in [2.45, 2.75) is 6.61 Å². The van der Waals surface area contributed by atoms with Gasteiger partial charge < -0.3 is 14.3 Å². The van der Waals surface area contributed by atoms with Crippen molar-refractivity contribution in [3.05, 3.63) is 105 Å². The third-order valence-corrected chi connectivity index (χ3v) is 5.86. The number of rotatable bonds is 7. The summed E-state index contributed by atoms with van der Waals surface area (Å²) in [5.74, 6) is 0.558. The molecule has 0 saturated carbocycles. The molecule has 0 aliphatic carbocycles. The lowest BCUT2D eigenvalue weighted by atomic mass is 9.96. The van der Waals surface area contributed by atoms with Crippen molar-refractivity contribution in [2.75, 3.05) is 14.2 Å². The van der Waals surface area contributed by atoms with E-state index >= 15 is 0 Å². The van der Waals surface area contributed by atoms with Crippen molar-refractivity contribution in [2.24, 2.45) is 0 Å². The van der Waals surface area contributed by atoms with Gasteiger partial charge in [0, 0.05) is 22.8 Å². The zero-order valence-electron chi connectivity index (χ0n) is 18.3. The highest BCUT2D eigenvalue weighted by molar-refractivity contribution is 6.37. The topological polar surface area (TPSA) is 49.7 Å². The Bertz CT molecular complexity index is 1370. The van der Waals surface area contributed by atoms with Crippen LogP contribution in [0.4, 0.5) is 4.39 Å². The van der Waals surface area contributed by atoms with Gasteiger partial charge in [0.2, 0.25) is 0 Å². The lowest BCUT2D eigenvalue weighted by molar-refractivity contribution is 0.0896. The minimum atomic E-state index is -0.577. The van der Waals surface area contributed by atoms with E-state index in [2.05, 4.69) is 0 Å². The molecule has 0 N–H and O–H groups in total. The van der Waals surface area contributed by atoms with Crippen molar-refractivity contribution >= 4 is 23.2 Å². The highest BCUT2D eigenvalue weighted by atomic mass is 35.5. The Labute approximate surface area is 205 Å². The first-order chi connectivity index (χ1) is 16.4. The van der Waals surface area contributed by atoms with Crippen LogP contribution in [-0.4, -0.2) is 19.0 Å². The fourth-order valence-electron chi connectivity index (χ4n) is 3.51. The Morgan fingerprint density at radius 1 is 0.882 bits per heavy atom. The Balaban J connectivity index is 1.94. The van der Waals surface area contributed by atoms with Crippen LogP contribution in [0.5, 0.6) is 11.5 Å². The fourth-order valence-corrected chi connectivity index (χ4v) is 4.06. The first-order valence-corrected chi connectivity index (χ1v) is 11.0. The maximum Gasteiger partial charge on any atom is 0.302 e. The average molecular weight is 500 g/mol. The highest BCUT2D eigenvalue weighted by Gasteiger charge is 2.21. The first kappa shape index (κ1) is 23.7. The summed E-state index contributed by atoms with van der Waals surface area (Å²) in [5, 5.41) is -0.0128. The van der Waals surface area contributed by atoms with E-state index in [1.165, 1.54) is 38.6 Å². The number of benzene rings is 3. The molecule has 0 spiro atoms. The Morgan fingerprint density at radius 2 is 1.56 bits per heavy atom. The molecule has 0 unspecified atom stereocenters. The van der Waals surface area contributed by atoms with E-state index in [1.54, 1.807) is 18.2 Å². The van der Waals surface area contributed by atoms with Crippen molar-refractivity contribution in [1.29, 1.82) is 0 Å². The van der Waals surface area contributed by atoms with E-state index in [0.29, 0.717) is 33.8 Å². The molecule has 0 fully saturated rings. The van der Waals surface area contributed by atoms with Crippen LogP contribution in [0.2, 0.25) is 10.0 Å². The number of nitrogens with zero attached hydrogens (tertiary/aromatic N) is 1. The van der Waals surface area contributed by atoms with Gasteiger partial charge in [0.15, 0.2) is 0 Å². The van der Waals surface area contributed by atoms with Crippen molar-refractivity contribution in [3.8, 4) is 33.8 Å². The van der Waals surface area contributed by atoms with Crippen LogP contribution in [0, 0.1) is 5.82 Å². The van der Waals surface area contributed by atoms with Gasteiger partial charge in [0.1, 0.15) is 28.9 Å². The van der Waals surface area contributed by atoms with Crippen molar-refractivity contribution in [1.82, 2.24) is 4.73 Å². The number of hydrogen-bond acceptors (Lipinski definition) is 4. The number of ether oxygens (including phenoxy) is 2. The van der Waals surface area contributed by atoms with Gasteiger partial charge in [0.25, 0.3) is 0 Å². The van der Waals surface area contributed by atoms with E-state index in [-0.39, 0.29) is 16.7 Å². The minimum Gasteiger partial charge on any atom is -0.497 e. The Hall–Kier alpha value is -3.48. The Morgan fingerprint density at radius 3 is 2.18 bits per heavy atom. The van der Waals surface area contributed by atoms with Gasteiger partial charge in [-0.05, 0) is 41.5 Å². The van der Waals surface area contributed by atoms with E-state index < -0.39 is 11.4 Å². The lowest BCUT2D eigenvalue weighted by Crippen LogP contribution is -2.27. The van der Waals surface area contributed by atoms with E-state index in [4.69, 9.17) is 37.5 Å². The molecule has 0 radical (unpaired) electrons. The van der Waals surface area contributed by atoms with Crippen LogP contribution in [0.3, 0.4) is 0 Å². The summed E-state index contributed by atoms with van der Waals surface area (Å²) in [5.41, 5.74) is 2.19. The normalized spacial score (nSPS) is 10.7. The molecule has 0 atom stereocenters. The third kappa shape index (κ3) is 4.88. The van der Waals surface area contributed by atoms with E-state index in [9.17, 15) is 9.18 Å². The lowest BCUT2D eigenvalue weighted by Gasteiger charge is -2.18. The summed E-state index contributed by atoms with van der Waals surface area (Å²) in [4.78, 5) is 18.9. The van der Waals surface area contributed by atoms with Crippen LogP contribution in [0.15, 0.2) is 77.7 Å². The monoisotopic (exact) mass is 499 g/mol. The quantitative estimate of drug-likeness (QED) is 0.300. The smallest absolute Gasteiger partial charge is 0.302 e. The summed E-state index contributed by atoms with van der Waals surface area (Å²) in [7, 11) is 3.07. The van der Waals surface area contributed by atoms with Crippen LogP contribution < -0.4 is 19.9 Å². The molecular weight excluding hydrogens is 480 g/mol. The SMILES string of the molecule is COc1cc(OC)cc(-c2cn(OCc3ccccc3)c(=O)c(Cl)c2-c2ccc(F)cc2Cl)c1. The van der Waals surface area contributed by atoms with Gasteiger partial charge in [-0.15, -0.1) is 0 Å². The van der Waals surface area contributed by atoms with Crippen LogP contribution >= 0.6 is 23.2 Å². The predicted molar refractivity (Wildman–Crippen MR) is 131 cm³/mol. The molecule has 34 heavy (non-hydrogen) atoms. The predicted octanol–water partition coefficient (Wildman–Crippen LogP) is 6.27. The van der Waals surface area contributed by atoms with Crippen LogP contribution in [-0.2, 0) is 6.61 Å². The van der Waals surface area contributed by atoms with E-state index in [1.807, 2.05) is 30.3 Å². The maximum absolute atomic E-state index is 13.8. The summed E-state index contributed by atoms with van der Waals surface area (Å²) >= 11 is 13.0. The van der Waals surface area contributed by atoms with Gasteiger partial charge in [-0.2, -0.15) is 4.73 Å². The standard InChI is InChI=1S/C26H20Cl2FNO4/c1-32-19-10-17(11-20(13-19)33-2)22-14-30(34-15-16-6-4-3-5-7-16)26(31)25(28)24(22)21-9-8-18(29)12-23(21)27/h3-14H,15H2,1-2H3. The molecule has 0 aliphatic heterocycles. The molecule has 0 saturated heterocycles. The van der Waals surface area contributed by atoms with Gasteiger partial charge in [-0.3, -0.25) is 4.79 Å². The second-order valence-electron chi connectivity index (χ2n) is 7.35. The van der Waals surface area contributed by atoms with Gasteiger partial charge in [-0.1, -0.05) is 53.5 Å². The number of methoxy groups -OCH3 is 2. The van der Waals surface area contributed by atoms with Crippen LogP contribution in [0.25, 0.3) is 22.3 Å². The maximum atomic E-state index is 13.8. The first-order valence-electron chi connectivity index (χ1n) is 10.2. The molecule has 4 aromatic rings. The number of halogens is 3. The molecule has 5 nitrogen and oxygen atoms in total. The Kier molecular flexibility index (Phi) is 7.10. The van der Waals surface area contributed by atoms with Gasteiger partial charge in [0.05, 0.1) is 25.4 Å². The molecule has 1 heterocycles. The molecule has 4 rings (SSSR count). The highest BCUT2D eigenvalue weighted by Crippen LogP contribution is 2.41. The van der Waals surface area contributed by atoms with Crippen molar-refractivity contribution < 1.29 is 18.7 Å². The average Bonchev–Trinajstić information content (AvgIpc) is 2.85. The largest absolute Gasteiger partial charge is 0.497 e. The molecular formula is C26H20Cl2FNO4. The molecule has 0 bridgehead atoms. The number of hydrogen-bond donors (Lipinski definition) is 0. The zero-order valence-corrected chi connectivity index (χ0v) is 19.9. The molecule has 0 aliphatic rings. The molecule has 174 valence electrons. The summed E-state index contributed by atoms with van der Waals surface area (Å²) < 4.78 is 25.6. The van der Waals surface area contributed by atoms with Gasteiger partial charge in [-0.25, -0.2) is 4.39 Å². The minimum absolute atomic E-state index is 0.111. The third-order valence-electron chi connectivity index (χ3n) is 5.20. The zero-order chi connectivity index (χ0) is 24.2. The van der Waals surface area contributed by atoms with E-state index in [0.717, 1.165) is 10.3 Å². The second-order valence-corrected chi connectivity index (χ2v) is 8.13. The molecule has 0 amide bonds. The van der Waals surface area contributed by atoms with Gasteiger partial charge >= 0.3 is 5.56 Å². The molecule has 3 aromatic carbocycles. The second kappa shape index (κ2) is 10.2. The molecule has 1 aromatic heterocycles. The summed E-state index contributed by atoms with van der Waals surface area (Å²) in [6.45, 7) is 0.147. The van der Waals surface area contributed by atoms with Crippen molar-refractivity contribution in [3.63, 3.8) is 0 Å². The summed E-state index contributed by atoms with van der Waals surface area (Å²) in [6, 6.07) is 18.6. The number of pyridine rings is 1. The summed E-state index contributed by atoms with van der Waals surface area (Å²) in [6.07, 6.45) is 1.53. The van der Waals surface area contributed by atoms with Crippen LogP contribution in [0.1, 0.15) is 5.56 Å². The number of aromatic nitrogens is 1.